The molecule has 1 aromatic heterocycles. The summed E-state index contributed by atoms with van der Waals surface area (Å²) in [5.74, 6) is 0.974. The summed E-state index contributed by atoms with van der Waals surface area (Å²) in [6.07, 6.45) is 3.27. The van der Waals surface area contributed by atoms with Gasteiger partial charge in [0.25, 0.3) is 0 Å². The first-order valence-electron chi connectivity index (χ1n) is 11.3. The Morgan fingerprint density at radius 3 is 2.65 bits per heavy atom. The predicted molar refractivity (Wildman–Crippen MR) is 118 cm³/mol. The van der Waals surface area contributed by atoms with Gasteiger partial charge in [0.15, 0.2) is 0 Å². The number of carbonyl (C=O) groups is 1. The fourth-order valence-electron chi connectivity index (χ4n) is 4.39. The number of hydrogen-bond acceptors (Lipinski definition) is 8. The quantitative estimate of drug-likeness (QED) is 0.455. The number of morpholine rings is 1. The van der Waals surface area contributed by atoms with Crippen LogP contribution >= 0.6 is 0 Å². The molecule has 3 aliphatic heterocycles. The fraction of sp³-hybridized carbons (Fsp3) is 0.682. The summed E-state index contributed by atoms with van der Waals surface area (Å²) in [5, 5.41) is 0. The van der Waals surface area contributed by atoms with Gasteiger partial charge < -0.3 is 24.2 Å². The number of carbonyl (C=O) groups excluding carboxylic acids is 1. The number of amides is 1. The van der Waals surface area contributed by atoms with Gasteiger partial charge in [-0.25, -0.2) is 0 Å². The Morgan fingerprint density at radius 2 is 1.90 bits per heavy atom. The summed E-state index contributed by atoms with van der Waals surface area (Å²) in [6.45, 7) is 13.5. The van der Waals surface area contributed by atoms with Crippen molar-refractivity contribution in [3.8, 4) is 6.01 Å². The number of rotatable bonds is 7. The third-order valence-electron chi connectivity index (χ3n) is 6.23. The molecular formula is C22H34N6O3. The molecule has 170 valence electrons. The molecule has 0 N–H and O–H groups in total. The van der Waals surface area contributed by atoms with Gasteiger partial charge in [-0.1, -0.05) is 6.58 Å². The van der Waals surface area contributed by atoms with Gasteiger partial charge in [0.05, 0.1) is 25.5 Å². The van der Waals surface area contributed by atoms with Crippen LogP contribution in [0.15, 0.2) is 12.7 Å². The van der Waals surface area contributed by atoms with Gasteiger partial charge in [0, 0.05) is 64.5 Å². The third-order valence-corrected chi connectivity index (χ3v) is 6.23. The number of anilines is 1. The first-order valence-corrected chi connectivity index (χ1v) is 11.3. The SMILES string of the molecule is C=CC(=O)N1CCN(c2nc(OCCCN3CCOCC3)nc3c2CCN(C)C3)CC1. The van der Waals surface area contributed by atoms with Crippen molar-refractivity contribution in [1.29, 1.82) is 0 Å². The van der Waals surface area contributed by atoms with Gasteiger partial charge in [0.2, 0.25) is 5.91 Å². The molecule has 0 unspecified atom stereocenters. The Bertz CT molecular complexity index is 775. The van der Waals surface area contributed by atoms with E-state index in [0.29, 0.717) is 25.7 Å². The van der Waals surface area contributed by atoms with E-state index in [1.807, 2.05) is 4.90 Å². The largest absolute Gasteiger partial charge is 0.463 e. The molecule has 31 heavy (non-hydrogen) atoms. The van der Waals surface area contributed by atoms with E-state index in [2.05, 4.69) is 28.3 Å². The highest BCUT2D eigenvalue weighted by atomic mass is 16.5. The van der Waals surface area contributed by atoms with E-state index in [9.17, 15) is 4.79 Å². The van der Waals surface area contributed by atoms with Crippen LogP contribution in [-0.2, 0) is 22.5 Å². The van der Waals surface area contributed by atoms with Gasteiger partial charge in [-0.3, -0.25) is 9.69 Å². The lowest BCUT2D eigenvalue weighted by Crippen LogP contribution is -2.49. The van der Waals surface area contributed by atoms with Crippen LogP contribution in [0.3, 0.4) is 0 Å². The molecule has 3 aliphatic rings. The zero-order chi connectivity index (χ0) is 21.6. The van der Waals surface area contributed by atoms with Crippen LogP contribution in [0.1, 0.15) is 17.7 Å². The molecule has 1 aromatic rings. The molecule has 0 bridgehead atoms. The lowest BCUT2D eigenvalue weighted by Gasteiger charge is -2.37. The third kappa shape index (κ3) is 5.53. The molecule has 0 aliphatic carbocycles. The first-order chi connectivity index (χ1) is 15.1. The molecule has 9 nitrogen and oxygen atoms in total. The normalized spacial score (nSPS) is 20.4. The zero-order valence-electron chi connectivity index (χ0n) is 18.6. The van der Waals surface area contributed by atoms with Crippen molar-refractivity contribution < 1.29 is 14.3 Å². The minimum absolute atomic E-state index is 0.00437. The number of likely N-dealkylation sites (N-methyl/N-ethyl adjacent to an activating group) is 1. The minimum Gasteiger partial charge on any atom is -0.463 e. The lowest BCUT2D eigenvalue weighted by molar-refractivity contribution is -0.126. The fourth-order valence-corrected chi connectivity index (χ4v) is 4.39. The molecule has 0 radical (unpaired) electrons. The van der Waals surface area contributed by atoms with Crippen molar-refractivity contribution in [3.05, 3.63) is 23.9 Å². The van der Waals surface area contributed by atoms with Crippen LogP contribution < -0.4 is 9.64 Å². The van der Waals surface area contributed by atoms with Crippen LogP contribution in [0.2, 0.25) is 0 Å². The molecule has 9 heteroatoms. The Labute approximate surface area is 184 Å². The Balaban J connectivity index is 1.41. The molecule has 4 rings (SSSR count). The van der Waals surface area contributed by atoms with E-state index in [4.69, 9.17) is 19.4 Å². The monoisotopic (exact) mass is 430 g/mol. The van der Waals surface area contributed by atoms with E-state index >= 15 is 0 Å². The van der Waals surface area contributed by atoms with Gasteiger partial charge in [-0.15, -0.1) is 0 Å². The van der Waals surface area contributed by atoms with Crippen molar-refractivity contribution in [3.63, 3.8) is 0 Å². The zero-order valence-corrected chi connectivity index (χ0v) is 18.6. The minimum atomic E-state index is -0.00437. The molecule has 2 saturated heterocycles. The van der Waals surface area contributed by atoms with E-state index < -0.39 is 0 Å². The van der Waals surface area contributed by atoms with Crippen molar-refractivity contribution in [2.75, 3.05) is 84.1 Å². The highest BCUT2D eigenvalue weighted by Crippen LogP contribution is 2.28. The second kappa shape index (κ2) is 10.4. The number of hydrogen-bond donors (Lipinski definition) is 0. The Kier molecular flexibility index (Phi) is 7.37. The van der Waals surface area contributed by atoms with Crippen LogP contribution in [0.25, 0.3) is 0 Å². The average molecular weight is 431 g/mol. The number of aromatic nitrogens is 2. The summed E-state index contributed by atoms with van der Waals surface area (Å²) in [4.78, 5) is 30.3. The summed E-state index contributed by atoms with van der Waals surface area (Å²) >= 11 is 0. The van der Waals surface area contributed by atoms with E-state index in [1.54, 1.807) is 0 Å². The van der Waals surface area contributed by atoms with Crippen molar-refractivity contribution in [2.24, 2.45) is 0 Å². The van der Waals surface area contributed by atoms with Gasteiger partial charge in [-0.05, 0) is 26.0 Å². The van der Waals surface area contributed by atoms with Crippen LogP contribution in [0.4, 0.5) is 5.82 Å². The second-order valence-electron chi connectivity index (χ2n) is 8.42. The van der Waals surface area contributed by atoms with Gasteiger partial charge in [0.1, 0.15) is 5.82 Å². The maximum atomic E-state index is 11.9. The lowest BCUT2D eigenvalue weighted by atomic mass is 10.1. The van der Waals surface area contributed by atoms with E-state index in [1.165, 1.54) is 11.6 Å². The maximum Gasteiger partial charge on any atom is 0.318 e. The molecule has 0 aromatic carbocycles. The average Bonchev–Trinajstić information content (AvgIpc) is 2.81. The Morgan fingerprint density at radius 1 is 1.13 bits per heavy atom. The van der Waals surface area contributed by atoms with E-state index in [0.717, 1.165) is 83.4 Å². The highest BCUT2D eigenvalue weighted by Gasteiger charge is 2.27. The predicted octanol–water partition coefficient (Wildman–Crippen LogP) is 0.400. The number of fused-ring (bicyclic) bond motifs is 1. The van der Waals surface area contributed by atoms with Crippen LogP contribution in [0.5, 0.6) is 6.01 Å². The highest BCUT2D eigenvalue weighted by molar-refractivity contribution is 5.87. The second-order valence-corrected chi connectivity index (χ2v) is 8.42. The standard InChI is InChI=1S/C22H34N6O3/c1-3-20(29)27-8-10-28(11-9-27)21-18-5-7-25(2)17-19(18)23-22(24-21)31-14-4-6-26-12-15-30-16-13-26/h3H,1,4-17H2,2H3. The molecule has 1 amide bonds. The number of nitrogens with zero attached hydrogens (tertiary/aromatic N) is 6. The molecule has 0 spiro atoms. The Hall–Kier alpha value is -2.23. The molecule has 4 heterocycles. The van der Waals surface area contributed by atoms with Crippen molar-refractivity contribution in [1.82, 2.24) is 24.7 Å². The van der Waals surface area contributed by atoms with Gasteiger partial charge in [-0.2, -0.15) is 9.97 Å². The van der Waals surface area contributed by atoms with E-state index in [-0.39, 0.29) is 5.91 Å². The molecular weight excluding hydrogens is 396 g/mol. The topological polar surface area (TPSA) is 74.3 Å². The molecule has 2 fully saturated rings. The van der Waals surface area contributed by atoms with Crippen LogP contribution in [-0.4, -0.2) is 110 Å². The smallest absolute Gasteiger partial charge is 0.318 e. The summed E-state index contributed by atoms with van der Waals surface area (Å²) in [6, 6.07) is 0.468. The van der Waals surface area contributed by atoms with Crippen molar-refractivity contribution >= 4 is 11.7 Å². The van der Waals surface area contributed by atoms with Crippen molar-refractivity contribution in [2.45, 2.75) is 19.4 Å². The summed E-state index contributed by atoms with van der Waals surface area (Å²) in [5.41, 5.74) is 2.29. The number of ether oxygens (including phenoxy) is 2. The van der Waals surface area contributed by atoms with Crippen LogP contribution in [0, 0.1) is 0 Å². The molecule has 0 saturated carbocycles. The van der Waals surface area contributed by atoms with Gasteiger partial charge >= 0.3 is 6.01 Å². The first kappa shape index (κ1) is 22.0. The summed E-state index contributed by atoms with van der Waals surface area (Å²) in [7, 11) is 2.12. The number of piperazine rings is 1. The molecule has 0 atom stereocenters. The maximum absolute atomic E-state index is 11.9. The summed E-state index contributed by atoms with van der Waals surface area (Å²) < 4.78 is 11.4.